The Morgan fingerprint density at radius 3 is 2.40 bits per heavy atom. The lowest BCUT2D eigenvalue weighted by Crippen LogP contribution is -2.47. The number of carbonyl (C=O) groups excluding carboxylic acids is 2. The van der Waals surface area contributed by atoms with Crippen LogP contribution in [0.2, 0.25) is 10.0 Å². The van der Waals surface area contributed by atoms with Crippen molar-refractivity contribution in [1.29, 1.82) is 0 Å². The van der Waals surface area contributed by atoms with E-state index in [9.17, 15) is 9.59 Å². The molecule has 0 aliphatic heterocycles. The Balaban J connectivity index is 0. The third-order valence-corrected chi connectivity index (χ3v) is 3.49. The van der Waals surface area contributed by atoms with Gasteiger partial charge in [0.05, 0.1) is 22.6 Å². The number of carbonyl (C=O) groups is 2. The molecule has 0 aliphatic rings. The topological polar surface area (TPSA) is 109 Å². The van der Waals surface area contributed by atoms with Gasteiger partial charge in [-0.3, -0.25) is 9.59 Å². The fourth-order valence-electron chi connectivity index (χ4n) is 1.58. The fourth-order valence-corrected chi connectivity index (χ4v) is 2.02. The maximum atomic E-state index is 11.6. The van der Waals surface area contributed by atoms with E-state index >= 15 is 0 Å². The van der Waals surface area contributed by atoms with Gasteiger partial charge < -0.3 is 21.7 Å². The minimum absolute atomic E-state index is 0. The van der Waals surface area contributed by atoms with Crippen LogP contribution in [0.25, 0.3) is 0 Å². The van der Waals surface area contributed by atoms with Crippen molar-refractivity contribution in [2.45, 2.75) is 19.9 Å². The molecule has 1 heterocycles. The van der Waals surface area contributed by atoms with Crippen LogP contribution < -0.4 is 21.7 Å². The summed E-state index contributed by atoms with van der Waals surface area (Å²) in [5.41, 5.74) is 5.67. The summed E-state index contributed by atoms with van der Waals surface area (Å²) in [7, 11) is 0. The zero-order chi connectivity index (χ0) is 17.4. The summed E-state index contributed by atoms with van der Waals surface area (Å²) >= 11 is 11.7. The number of pyridine rings is 1. The number of hydrogen-bond donors (Lipinski definition) is 4. The molecule has 0 radical (unpaired) electrons. The molecule has 1 atom stereocenters. The molecule has 5 N–H and O–H groups in total. The van der Waals surface area contributed by atoms with Gasteiger partial charge in [0, 0.05) is 19.3 Å². The minimum atomic E-state index is -0.623. The van der Waals surface area contributed by atoms with Gasteiger partial charge in [0.2, 0.25) is 11.8 Å². The van der Waals surface area contributed by atoms with E-state index in [1.54, 1.807) is 6.07 Å². The molecule has 1 rings (SSSR count). The van der Waals surface area contributed by atoms with Crippen LogP contribution >= 0.6 is 48.0 Å². The van der Waals surface area contributed by atoms with Crippen molar-refractivity contribution < 1.29 is 9.59 Å². The van der Waals surface area contributed by atoms with Crippen molar-refractivity contribution in [2.24, 2.45) is 11.7 Å². The van der Waals surface area contributed by atoms with Gasteiger partial charge in [-0.05, 0) is 12.0 Å². The average molecular weight is 435 g/mol. The molecule has 0 aromatic carbocycles. The summed E-state index contributed by atoms with van der Waals surface area (Å²) in [6.07, 6.45) is 1.47. The number of nitrogens with one attached hydrogen (secondary N) is 3. The van der Waals surface area contributed by atoms with Gasteiger partial charge in [-0.2, -0.15) is 0 Å². The third-order valence-electron chi connectivity index (χ3n) is 2.99. The number of rotatable bonds is 8. The van der Waals surface area contributed by atoms with Gasteiger partial charge in [-0.1, -0.05) is 37.0 Å². The molecule has 0 spiro atoms. The number of aromatic nitrogens is 1. The zero-order valence-electron chi connectivity index (χ0n) is 13.8. The average Bonchev–Trinajstić information content (AvgIpc) is 2.49. The SMILES string of the molecule is CC(C)[C@H](N)C(=O)NCC(=O)NCCNc1ncc(Cl)cc1Cl.Cl.Cl. The number of nitrogens with zero attached hydrogens (tertiary/aromatic N) is 1. The molecule has 2 amide bonds. The molecule has 0 fully saturated rings. The van der Waals surface area contributed by atoms with E-state index in [0.29, 0.717) is 29.0 Å². The Morgan fingerprint density at radius 2 is 1.84 bits per heavy atom. The normalized spacial score (nSPS) is 11.0. The molecule has 1 aromatic rings. The van der Waals surface area contributed by atoms with E-state index in [-0.39, 0.29) is 49.1 Å². The summed E-state index contributed by atoms with van der Waals surface area (Å²) in [6.45, 7) is 4.35. The van der Waals surface area contributed by atoms with E-state index in [0.717, 1.165) is 0 Å². The Labute approximate surface area is 169 Å². The number of hydrogen-bond acceptors (Lipinski definition) is 5. The van der Waals surface area contributed by atoms with Crippen molar-refractivity contribution in [3.8, 4) is 0 Å². The lowest BCUT2D eigenvalue weighted by Gasteiger charge is -2.15. The maximum Gasteiger partial charge on any atom is 0.239 e. The first-order chi connectivity index (χ1) is 10.8. The molecule has 144 valence electrons. The lowest BCUT2D eigenvalue weighted by molar-refractivity contribution is -0.127. The van der Waals surface area contributed by atoms with E-state index in [1.165, 1.54) is 6.20 Å². The Hall–Kier alpha value is -0.990. The van der Waals surface area contributed by atoms with Crippen LogP contribution in [-0.4, -0.2) is 42.5 Å². The molecule has 11 heteroatoms. The van der Waals surface area contributed by atoms with Gasteiger partial charge in [-0.25, -0.2) is 4.98 Å². The summed E-state index contributed by atoms with van der Waals surface area (Å²) in [5.74, 6) is -0.142. The van der Waals surface area contributed by atoms with E-state index < -0.39 is 6.04 Å². The van der Waals surface area contributed by atoms with Crippen molar-refractivity contribution in [1.82, 2.24) is 15.6 Å². The van der Waals surface area contributed by atoms with Crippen molar-refractivity contribution >= 4 is 65.6 Å². The standard InChI is InChI=1S/C14H21Cl2N5O2.2ClH/c1-8(2)12(17)14(23)21-7-11(22)18-3-4-19-13-10(16)5-9(15)6-20-13;;/h5-6,8,12H,3-4,7,17H2,1-2H3,(H,18,22)(H,19,20)(H,21,23);2*1H/t12-;;/m0../s1. The van der Waals surface area contributed by atoms with Crippen LogP contribution in [0.5, 0.6) is 0 Å². The highest BCUT2D eigenvalue weighted by molar-refractivity contribution is 6.35. The van der Waals surface area contributed by atoms with Gasteiger partial charge in [0.1, 0.15) is 5.82 Å². The molecule has 1 aromatic heterocycles. The molecule has 0 bridgehead atoms. The number of anilines is 1. The second-order valence-corrected chi connectivity index (χ2v) is 6.09. The van der Waals surface area contributed by atoms with E-state index in [4.69, 9.17) is 28.9 Å². The van der Waals surface area contributed by atoms with Crippen LogP contribution in [0.1, 0.15) is 13.8 Å². The fraction of sp³-hybridized carbons (Fsp3) is 0.500. The predicted molar refractivity (Wildman–Crippen MR) is 106 cm³/mol. The second-order valence-electron chi connectivity index (χ2n) is 5.25. The molecular weight excluding hydrogens is 412 g/mol. The Kier molecular flexibility index (Phi) is 13.9. The van der Waals surface area contributed by atoms with Crippen LogP contribution in [0.4, 0.5) is 5.82 Å². The lowest BCUT2D eigenvalue weighted by atomic mass is 10.1. The van der Waals surface area contributed by atoms with Crippen LogP contribution in [0.3, 0.4) is 0 Å². The van der Waals surface area contributed by atoms with E-state index in [2.05, 4.69) is 20.9 Å². The molecule has 25 heavy (non-hydrogen) atoms. The van der Waals surface area contributed by atoms with Crippen molar-refractivity contribution in [2.75, 3.05) is 25.0 Å². The number of amides is 2. The molecule has 7 nitrogen and oxygen atoms in total. The van der Waals surface area contributed by atoms with Crippen LogP contribution in [0, 0.1) is 5.92 Å². The summed E-state index contributed by atoms with van der Waals surface area (Å²) < 4.78 is 0. The summed E-state index contributed by atoms with van der Waals surface area (Å²) in [6, 6.07) is 0.951. The number of halogens is 4. The molecule has 0 saturated carbocycles. The van der Waals surface area contributed by atoms with Crippen LogP contribution in [0.15, 0.2) is 12.3 Å². The zero-order valence-corrected chi connectivity index (χ0v) is 17.0. The van der Waals surface area contributed by atoms with Crippen LogP contribution in [-0.2, 0) is 9.59 Å². The highest BCUT2D eigenvalue weighted by atomic mass is 35.5. The second kappa shape index (κ2) is 13.2. The first kappa shape index (κ1) is 26.2. The Bertz CT molecular complexity index is 560. The molecule has 0 saturated heterocycles. The summed E-state index contributed by atoms with van der Waals surface area (Å²) in [4.78, 5) is 27.2. The van der Waals surface area contributed by atoms with Crippen molar-refractivity contribution in [3.05, 3.63) is 22.3 Å². The molecular formula is C14H23Cl4N5O2. The smallest absolute Gasteiger partial charge is 0.239 e. The molecule has 0 aliphatic carbocycles. The first-order valence-electron chi connectivity index (χ1n) is 7.16. The highest BCUT2D eigenvalue weighted by Gasteiger charge is 2.17. The van der Waals surface area contributed by atoms with Gasteiger partial charge >= 0.3 is 0 Å². The minimum Gasteiger partial charge on any atom is -0.367 e. The summed E-state index contributed by atoms with van der Waals surface area (Å²) in [5, 5.41) is 8.97. The highest BCUT2D eigenvalue weighted by Crippen LogP contribution is 2.21. The van der Waals surface area contributed by atoms with Gasteiger partial charge in [0.15, 0.2) is 0 Å². The van der Waals surface area contributed by atoms with E-state index in [1.807, 2.05) is 13.8 Å². The Morgan fingerprint density at radius 1 is 1.20 bits per heavy atom. The van der Waals surface area contributed by atoms with Crippen molar-refractivity contribution in [3.63, 3.8) is 0 Å². The van der Waals surface area contributed by atoms with Gasteiger partial charge in [-0.15, -0.1) is 24.8 Å². The molecule has 0 unspecified atom stereocenters. The monoisotopic (exact) mass is 433 g/mol. The van der Waals surface area contributed by atoms with Gasteiger partial charge in [0.25, 0.3) is 0 Å². The third kappa shape index (κ3) is 9.91. The quantitative estimate of drug-likeness (QED) is 0.467. The largest absolute Gasteiger partial charge is 0.367 e. The first-order valence-corrected chi connectivity index (χ1v) is 7.91. The maximum absolute atomic E-state index is 11.6. The predicted octanol–water partition coefficient (Wildman–Crippen LogP) is 1.86. The number of nitrogens with two attached hydrogens (primary N) is 1.